The Bertz CT molecular complexity index is 300. The molecule has 0 atom stereocenters. The van der Waals surface area contributed by atoms with Crippen molar-refractivity contribution in [2.24, 2.45) is 0 Å². The quantitative estimate of drug-likeness (QED) is 0.615. The molecule has 2 aliphatic rings. The summed E-state index contributed by atoms with van der Waals surface area (Å²) in [5.74, 6) is 0.198. The van der Waals surface area contributed by atoms with Crippen molar-refractivity contribution >= 4 is 5.91 Å². The molecule has 1 aliphatic heterocycles. The van der Waals surface area contributed by atoms with Crippen molar-refractivity contribution in [2.75, 3.05) is 13.6 Å². The highest BCUT2D eigenvalue weighted by molar-refractivity contribution is 6.01. The molecule has 0 aromatic carbocycles. The maximum Gasteiger partial charge on any atom is 0.253 e. The summed E-state index contributed by atoms with van der Waals surface area (Å²) in [7, 11) is 1.86. The van der Waals surface area contributed by atoms with E-state index in [1.54, 1.807) is 4.90 Å². The molecule has 0 radical (unpaired) electrons. The van der Waals surface area contributed by atoms with Gasteiger partial charge in [-0.2, -0.15) is 0 Å². The van der Waals surface area contributed by atoms with Gasteiger partial charge < -0.3 is 4.90 Å². The average molecular weight is 223 g/mol. The lowest BCUT2D eigenvalue weighted by Crippen LogP contribution is -2.18. The van der Waals surface area contributed by atoms with Gasteiger partial charge in [-0.1, -0.05) is 39.3 Å². The average Bonchev–Trinajstić information content (AvgIpc) is 2.63. The van der Waals surface area contributed by atoms with Crippen LogP contribution in [0.4, 0.5) is 0 Å². The molecule has 2 heteroatoms. The van der Waals surface area contributed by atoms with Crippen LogP contribution in [0, 0.1) is 0 Å². The molecule has 0 aromatic heterocycles. The summed E-state index contributed by atoms with van der Waals surface area (Å²) in [5.41, 5.74) is 3.63. The van der Waals surface area contributed by atoms with Gasteiger partial charge in [-0.3, -0.25) is 4.79 Å². The van der Waals surface area contributed by atoms with Crippen molar-refractivity contribution in [3.8, 4) is 0 Å². The van der Waals surface area contributed by atoms with E-state index < -0.39 is 0 Å². The molecule has 0 spiro atoms. The number of hydrogen-bond donors (Lipinski definition) is 0. The Kier molecular flexibility index (Phi) is 6.78. The highest BCUT2D eigenvalue weighted by Gasteiger charge is 2.29. The van der Waals surface area contributed by atoms with Crippen LogP contribution in [-0.4, -0.2) is 24.4 Å². The summed E-state index contributed by atoms with van der Waals surface area (Å²) in [6, 6.07) is 0. The van der Waals surface area contributed by atoms with Gasteiger partial charge in [0.25, 0.3) is 5.91 Å². The van der Waals surface area contributed by atoms with Crippen LogP contribution in [0.1, 0.15) is 47.5 Å². The number of allylic oxidation sites excluding steroid dienone is 2. The molecule has 1 amide bonds. The number of hydrogen-bond acceptors (Lipinski definition) is 1. The van der Waals surface area contributed by atoms with E-state index in [0.717, 1.165) is 25.0 Å². The predicted molar refractivity (Wildman–Crippen MR) is 70.4 cm³/mol. The molecular weight excluding hydrogens is 198 g/mol. The van der Waals surface area contributed by atoms with E-state index in [4.69, 9.17) is 0 Å². The van der Waals surface area contributed by atoms with E-state index >= 15 is 0 Å². The lowest BCUT2D eigenvalue weighted by molar-refractivity contribution is -0.123. The Hall–Kier alpha value is -1.05. The topological polar surface area (TPSA) is 20.3 Å². The second-order valence-electron chi connectivity index (χ2n) is 3.58. The van der Waals surface area contributed by atoms with Crippen molar-refractivity contribution in [3.05, 3.63) is 22.8 Å². The number of carbonyl (C=O) groups excluding carboxylic acids is 1. The Balaban J connectivity index is 0.000000509. The van der Waals surface area contributed by atoms with Gasteiger partial charge in [0.2, 0.25) is 0 Å². The first-order valence-corrected chi connectivity index (χ1v) is 6.35. The first-order chi connectivity index (χ1) is 7.70. The van der Waals surface area contributed by atoms with Crippen molar-refractivity contribution in [3.63, 3.8) is 0 Å². The largest absolute Gasteiger partial charge is 0.337 e. The van der Waals surface area contributed by atoms with E-state index in [9.17, 15) is 4.79 Å². The fourth-order valence-corrected chi connectivity index (χ4v) is 1.89. The molecule has 1 aliphatic carbocycles. The normalized spacial score (nSPS) is 18.0. The van der Waals surface area contributed by atoms with Crippen molar-refractivity contribution in [2.45, 2.75) is 47.5 Å². The Labute approximate surface area is 100 Å². The van der Waals surface area contributed by atoms with Crippen LogP contribution in [0.25, 0.3) is 0 Å². The summed E-state index contributed by atoms with van der Waals surface area (Å²) >= 11 is 0. The predicted octanol–water partition coefficient (Wildman–Crippen LogP) is 3.55. The Morgan fingerprint density at radius 3 is 2.25 bits per heavy atom. The number of likely N-dealkylation sites (N-methyl/N-ethyl adjacent to an activating group) is 1. The van der Waals surface area contributed by atoms with Gasteiger partial charge in [-0.25, -0.2) is 0 Å². The fraction of sp³-hybridized carbons (Fsp3) is 0.643. The van der Waals surface area contributed by atoms with Gasteiger partial charge in [-0.05, 0) is 25.3 Å². The highest BCUT2D eigenvalue weighted by atomic mass is 16.2. The van der Waals surface area contributed by atoms with Crippen LogP contribution >= 0.6 is 0 Å². The van der Waals surface area contributed by atoms with Gasteiger partial charge in [0.15, 0.2) is 0 Å². The smallest absolute Gasteiger partial charge is 0.253 e. The minimum absolute atomic E-state index is 0.198. The number of fused-ring (bicyclic) bond motifs is 1. The zero-order valence-corrected chi connectivity index (χ0v) is 11.6. The van der Waals surface area contributed by atoms with E-state index in [2.05, 4.69) is 13.0 Å². The number of amides is 1. The maximum absolute atomic E-state index is 11.5. The molecule has 92 valence electrons. The minimum atomic E-state index is 0.198. The standard InChI is InChI=1S/C10H13NO.2C2H6/c1-7-4-3-5-8-9(7)6-11(2)10(8)12;2*1-2/h5H,3-4,6H2,1-2H3;2*1-2H3. The summed E-state index contributed by atoms with van der Waals surface area (Å²) in [5, 5.41) is 0. The first kappa shape index (κ1) is 14.9. The van der Waals surface area contributed by atoms with Crippen LogP contribution in [0.5, 0.6) is 0 Å². The number of carbonyl (C=O) groups is 1. The number of rotatable bonds is 0. The second-order valence-corrected chi connectivity index (χ2v) is 3.58. The molecule has 2 nitrogen and oxygen atoms in total. The summed E-state index contributed by atoms with van der Waals surface area (Å²) < 4.78 is 0. The van der Waals surface area contributed by atoms with Gasteiger partial charge in [0.05, 0.1) is 0 Å². The van der Waals surface area contributed by atoms with E-state index in [1.165, 1.54) is 11.1 Å². The van der Waals surface area contributed by atoms with E-state index in [1.807, 2.05) is 34.7 Å². The summed E-state index contributed by atoms with van der Waals surface area (Å²) in [4.78, 5) is 13.3. The minimum Gasteiger partial charge on any atom is -0.337 e. The lowest BCUT2D eigenvalue weighted by Gasteiger charge is -2.09. The van der Waals surface area contributed by atoms with E-state index in [0.29, 0.717) is 0 Å². The monoisotopic (exact) mass is 223 g/mol. The Morgan fingerprint density at radius 2 is 1.75 bits per heavy atom. The van der Waals surface area contributed by atoms with E-state index in [-0.39, 0.29) is 5.91 Å². The van der Waals surface area contributed by atoms with Crippen LogP contribution in [0.2, 0.25) is 0 Å². The van der Waals surface area contributed by atoms with Crippen LogP contribution in [0.3, 0.4) is 0 Å². The van der Waals surface area contributed by atoms with Gasteiger partial charge in [0, 0.05) is 19.2 Å². The SMILES string of the molecule is CC.CC.CC1=C2CN(C)C(=O)C2=CCC1. The maximum atomic E-state index is 11.5. The zero-order chi connectivity index (χ0) is 12.7. The van der Waals surface area contributed by atoms with Crippen LogP contribution < -0.4 is 0 Å². The molecule has 1 heterocycles. The summed E-state index contributed by atoms with van der Waals surface area (Å²) in [6.45, 7) is 10.9. The van der Waals surface area contributed by atoms with Crippen molar-refractivity contribution in [1.29, 1.82) is 0 Å². The lowest BCUT2D eigenvalue weighted by atomic mass is 9.94. The number of nitrogens with zero attached hydrogens (tertiary/aromatic N) is 1. The fourth-order valence-electron chi connectivity index (χ4n) is 1.89. The molecule has 0 aromatic rings. The Morgan fingerprint density at radius 1 is 1.19 bits per heavy atom. The molecule has 0 N–H and O–H groups in total. The van der Waals surface area contributed by atoms with Crippen molar-refractivity contribution in [1.82, 2.24) is 4.90 Å². The third kappa shape index (κ3) is 2.97. The van der Waals surface area contributed by atoms with Crippen molar-refractivity contribution < 1.29 is 4.79 Å². The van der Waals surface area contributed by atoms with Gasteiger partial charge >= 0.3 is 0 Å². The van der Waals surface area contributed by atoms with Gasteiger partial charge in [0.1, 0.15) is 0 Å². The second kappa shape index (κ2) is 7.26. The first-order valence-electron chi connectivity index (χ1n) is 6.35. The van der Waals surface area contributed by atoms with Crippen LogP contribution in [0.15, 0.2) is 22.8 Å². The third-order valence-electron chi connectivity index (χ3n) is 2.68. The number of likely N-dealkylation sites (tertiary alicyclic amines) is 1. The zero-order valence-electron chi connectivity index (χ0n) is 11.6. The molecule has 0 bridgehead atoms. The van der Waals surface area contributed by atoms with Gasteiger partial charge in [-0.15, -0.1) is 0 Å². The molecule has 1 saturated heterocycles. The molecule has 16 heavy (non-hydrogen) atoms. The molecule has 0 unspecified atom stereocenters. The third-order valence-corrected chi connectivity index (χ3v) is 2.68. The molecule has 0 saturated carbocycles. The molecule has 2 rings (SSSR count). The molecular formula is C14H25NO. The summed E-state index contributed by atoms with van der Waals surface area (Å²) in [6.07, 6.45) is 4.23. The van der Waals surface area contributed by atoms with Crippen LogP contribution in [-0.2, 0) is 4.79 Å². The molecule has 1 fully saturated rings. The highest BCUT2D eigenvalue weighted by Crippen LogP contribution is 2.31.